The number of halogens is 4. The second-order valence-electron chi connectivity index (χ2n) is 10.2. The van der Waals surface area contributed by atoms with Gasteiger partial charge in [-0.3, -0.25) is 9.69 Å². The first-order valence-corrected chi connectivity index (χ1v) is 13.2. The summed E-state index contributed by atoms with van der Waals surface area (Å²) in [5.74, 6) is -0.215. The van der Waals surface area contributed by atoms with E-state index in [1.807, 2.05) is 28.0 Å². The van der Waals surface area contributed by atoms with Gasteiger partial charge >= 0.3 is 6.18 Å². The van der Waals surface area contributed by atoms with E-state index in [1.165, 1.54) is 24.3 Å². The number of hydrogen-bond donors (Lipinski definition) is 1. The van der Waals surface area contributed by atoms with Crippen molar-refractivity contribution in [1.29, 1.82) is 0 Å². The zero-order valence-electron chi connectivity index (χ0n) is 21.6. The molecule has 0 bridgehead atoms. The topological polar surface area (TPSA) is 38.8 Å². The van der Waals surface area contributed by atoms with Gasteiger partial charge in [0.2, 0.25) is 5.91 Å². The molecule has 1 N–H and O–H groups in total. The first-order chi connectivity index (χ1) is 18.8. The molecule has 9 heteroatoms. The average Bonchev–Trinajstić information content (AvgIpc) is 3.35. The number of hydrogen-bond acceptors (Lipinski definition) is 4. The Hall–Kier alpha value is -3.43. The van der Waals surface area contributed by atoms with Crippen LogP contribution in [-0.2, 0) is 24.1 Å². The number of benzene rings is 3. The third-order valence-corrected chi connectivity index (χ3v) is 7.56. The molecule has 2 atom stereocenters. The number of carbonyl (C=O) groups excluding carboxylic acids is 1. The molecular formula is C30H32F4N4O. The zero-order valence-corrected chi connectivity index (χ0v) is 21.6. The van der Waals surface area contributed by atoms with Gasteiger partial charge in [0.25, 0.3) is 0 Å². The lowest BCUT2D eigenvalue weighted by Gasteiger charge is -2.38. The lowest BCUT2D eigenvalue weighted by atomic mass is 10.1. The molecule has 39 heavy (non-hydrogen) atoms. The molecule has 2 aliphatic rings. The number of anilines is 1. The van der Waals surface area contributed by atoms with Crippen molar-refractivity contribution in [2.45, 2.75) is 37.8 Å². The number of nitrogens with zero attached hydrogens (tertiary/aromatic N) is 3. The molecule has 5 rings (SSSR count). The predicted octanol–water partition coefficient (Wildman–Crippen LogP) is 4.93. The van der Waals surface area contributed by atoms with Crippen LogP contribution in [0.1, 0.15) is 23.1 Å². The maximum absolute atomic E-state index is 13.7. The third-order valence-electron chi connectivity index (χ3n) is 7.56. The van der Waals surface area contributed by atoms with Gasteiger partial charge in [-0.15, -0.1) is 0 Å². The van der Waals surface area contributed by atoms with Gasteiger partial charge < -0.3 is 15.1 Å². The first kappa shape index (κ1) is 27.1. The normalized spacial score (nSPS) is 20.4. The van der Waals surface area contributed by atoms with Crippen LogP contribution in [0.15, 0.2) is 78.9 Å². The summed E-state index contributed by atoms with van der Waals surface area (Å²) in [5.41, 5.74) is 1.96. The summed E-state index contributed by atoms with van der Waals surface area (Å²) in [6, 6.07) is 21.6. The number of amides is 1. The van der Waals surface area contributed by atoms with Crippen LogP contribution in [0.2, 0.25) is 0 Å². The van der Waals surface area contributed by atoms with E-state index >= 15 is 0 Å². The number of nitrogens with one attached hydrogen (secondary N) is 1. The monoisotopic (exact) mass is 540 g/mol. The summed E-state index contributed by atoms with van der Waals surface area (Å²) in [5, 5.41) is 3.53. The Morgan fingerprint density at radius 2 is 1.59 bits per heavy atom. The molecule has 2 saturated heterocycles. The molecule has 2 heterocycles. The molecule has 3 aromatic carbocycles. The van der Waals surface area contributed by atoms with E-state index in [0.29, 0.717) is 57.9 Å². The fraction of sp³-hybridized carbons (Fsp3) is 0.367. The van der Waals surface area contributed by atoms with Crippen molar-refractivity contribution in [2.24, 2.45) is 0 Å². The van der Waals surface area contributed by atoms with Crippen LogP contribution >= 0.6 is 0 Å². The molecule has 0 radical (unpaired) electrons. The van der Waals surface area contributed by atoms with Gasteiger partial charge in [0.05, 0.1) is 11.6 Å². The number of carbonyl (C=O) groups is 1. The van der Waals surface area contributed by atoms with Gasteiger partial charge in [0.15, 0.2) is 0 Å². The number of piperazine rings is 1. The largest absolute Gasteiger partial charge is 0.416 e. The highest BCUT2D eigenvalue weighted by Gasteiger charge is 2.39. The van der Waals surface area contributed by atoms with Crippen LogP contribution in [0, 0.1) is 5.82 Å². The molecule has 206 valence electrons. The van der Waals surface area contributed by atoms with Crippen LogP contribution in [0.3, 0.4) is 0 Å². The van der Waals surface area contributed by atoms with E-state index in [9.17, 15) is 22.4 Å². The Morgan fingerprint density at radius 3 is 2.28 bits per heavy atom. The highest BCUT2D eigenvalue weighted by molar-refractivity contribution is 5.82. The van der Waals surface area contributed by atoms with E-state index < -0.39 is 11.7 Å². The van der Waals surface area contributed by atoms with Crippen LogP contribution in [-0.4, -0.2) is 60.5 Å². The van der Waals surface area contributed by atoms with Crippen LogP contribution in [0.25, 0.3) is 0 Å². The highest BCUT2D eigenvalue weighted by Crippen LogP contribution is 2.32. The molecule has 0 aliphatic carbocycles. The highest BCUT2D eigenvalue weighted by atomic mass is 19.4. The molecule has 0 spiro atoms. The lowest BCUT2D eigenvalue weighted by molar-refractivity contribution is -0.137. The van der Waals surface area contributed by atoms with Crippen molar-refractivity contribution in [3.63, 3.8) is 0 Å². The molecule has 3 aromatic rings. The van der Waals surface area contributed by atoms with Gasteiger partial charge in [-0.2, -0.15) is 13.2 Å². The van der Waals surface area contributed by atoms with Crippen LogP contribution < -0.4 is 10.2 Å². The summed E-state index contributed by atoms with van der Waals surface area (Å²) in [4.78, 5) is 19.7. The van der Waals surface area contributed by atoms with E-state index in [4.69, 9.17) is 0 Å². The summed E-state index contributed by atoms with van der Waals surface area (Å²) >= 11 is 0. The van der Waals surface area contributed by atoms with Gasteiger partial charge in [-0.25, -0.2) is 4.39 Å². The summed E-state index contributed by atoms with van der Waals surface area (Å²) in [6.07, 6.45) is -3.74. The predicted molar refractivity (Wildman–Crippen MR) is 143 cm³/mol. The van der Waals surface area contributed by atoms with Gasteiger partial charge in [0, 0.05) is 57.5 Å². The second-order valence-corrected chi connectivity index (χ2v) is 10.2. The van der Waals surface area contributed by atoms with E-state index in [-0.39, 0.29) is 23.8 Å². The van der Waals surface area contributed by atoms with Crippen molar-refractivity contribution in [2.75, 3.05) is 37.6 Å². The molecule has 0 unspecified atom stereocenters. The van der Waals surface area contributed by atoms with E-state index in [2.05, 4.69) is 22.3 Å². The molecule has 0 aromatic heterocycles. The van der Waals surface area contributed by atoms with Crippen LogP contribution in [0.4, 0.5) is 23.2 Å². The molecule has 2 aliphatic heterocycles. The van der Waals surface area contributed by atoms with Crippen molar-refractivity contribution >= 4 is 11.6 Å². The van der Waals surface area contributed by atoms with Gasteiger partial charge in [-0.1, -0.05) is 48.5 Å². The summed E-state index contributed by atoms with van der Waals surface area (Å²) in [6.45, 7) is 3.81. The minimum atomic E-state index is -4.39. The number of likely N-dealkylation sites (tertiary alicyclic amines) is 1. The Balaban J connectivity index is 1.23. The Morgan fingerprint density at radius 1 is 0.872 bits per heavy atom. The Bertz CT molecular complexity index is 1240. The third kappa shape index (κ3) is 6.78. The second kappa shape index (κ2) is 11.8. The standard InChI is InChI=1S/C30H32F4N4O/c31-25-11-9-22(10-12-25)19-35-26-18-28(38(21-26)20-23-5-2-1-3-6-23)29(39)37-15-13-36(14-16-37)27-8-4-7-24(17-27)30(32,33)34/h1-12,17,26,28,35H,13-16,18-21H2/t26-,28+/m1/s1. The van der Waals surface area contributed by atoms with Gasteiger partial charge in [0.1, 0.15) is 5.82 Å². The quantitative estimate of drug-likeness (QED) is 0.432. The molecule has 1 amide bonds. The SMILES string of the molecule is O=C([C@@H]1C[C@@H](NCc2ccc(F)cc2)CN1Cc1ccccc1)N1CCN(c2cccc(C(F)(F)F)c2)CC1. The average molecular weight is 541 g/mol. The molecule has 2 fully saturated rings. The fourth-order valence-electron chi connectivity index (χ4n) is 5.44. The minimum Gasteiger partial charge on any atom is -0.368 e. The van der Waals surface area contributed by atoms with Gasteiger partial charge in [-0.05, 0) is 47.9 Å². The maximum Gasteiger partial charge on any atom is 0.416 e. The summed E-state index contributed by atoms with van der Waals surface area (Å²) in [7, 11) is 0. The lowest BCUT2D eigenvalue weighted by Crippen LogP contribution is -2.53. The molecule has 0 saturated carbocycles. The van der Waals surface area contributed by atoms with Crippen molar-refractivity contribution in [3.05, 3.63) is 101 Å². The number of alkyl halides is 3. The van der Waals surface area contributed by atoms with Crippen molar-refractivity contribution < 1.29 is 22.4 Å². The molecule has 5 nitrogen and oxygen atoms in total. The smallest absolute Gasteiger partial charge is 0.368 e. The first-order valence-electron chi connectivity index (χ1n) is 13.2. The minimum absolute atomic E-state index is 0.0562. The zero-order chi connectivity index (χ0) is 27.4. The maximum atomic E-state index is 13.7. The van der Waals surface area contributed by atoms with Crippen molar-refractivity contribution in [3.8, 4) is 0 Å². The molecular weight excluding hydrogens is 508 g/mol. The Kier molecular flexibility index (Phi) is 8.18. The van der Waals surface area contributed by atoms with Crippen molar-refractivity contribution in [1.82, 2.24) is 15.1 Å². The van der Waals surface area contributed by atoms with Crippen LogP contribution in [0.5, 0.6) is 0 Å². The Labute approximate surface area is 226 Å². The number of rotatable bonds is 7. The summed E-state index contributed by atoms with van der Waals surface area (Å²) < 4.78 is 52.8. The fourth-order valence-corrected chi connectivity index (χ4v) is 5.44. The van der Waals surface area contributed by atoms with E-state index in [1.54, 1.807) is 18.2 Å². The van der Waals surface area contributed by atoms with E-state index in [0.717, 1.165) is 17.2 Å².